The normalized spacial score (nSPS) is 15.5. The molecule has 1 saturated carbocycles. The highest BCUT2D eigenvalue weighted by Gasteiger charge is 2.36. The smallest absolute Gasteiger partial charge is 0.275 e. The Bertz CT molecular complexity index is 1010. The van der Waals surface area contributed by atoms with Crippen molar-refractivity contribution in [1.82, 2.24) is 14.7 Å². The average Bonchev–Trinajstić information content (AvgIpc) is 3.33. The van der Waals surface area contributed by atoms with Crippen LogP contribution in [0.4, 0.5) is 4.39 Å². The molecule has 0 N–H and O–H groups in total. The largest absolute Gasteiger partial charge is 0.330 e. The summed E-state index contributed by atoms with van der Waals surface area (Å²) >= 11 is 0. The molecule has 0 bridgehead atoms. The number of nitrogens with zero attached hydrogens (tertiary/aromatic N) is 3. The van der Waals surface area contributed by atoms with Gasteiger partial charge in [-0.25, -0.2) is 9.07 Å². The number of benzene rings is 2. The van der Waals surface area contributed by atoms with Crippen molar-refractivity contribution in [3.8, 4) is 5.69 Å². The van der Waals surface area contributed by atoms with Gasteiger partial charge < -0.3 is 4.90 Å². The van der Waals surface area contributed by atoms with Gasteiger partial charge in [-0.15, -0.1) is 0 Å². The number of amides is 1. The van der Waals surface area contributed by atoms with E-state index >= 15 is 0 Å². The number of para-hydroxylation sites is 1. The van der Waals surface area contributed by atoms with E-state index < -0.39 is 0 Å². The van der Waals surface area contributed by atoms with Gasteiger partial charge in [0, 0.05) is 23.8 Å². The predicted molar refractivity (Wildman–Crippen MR) is 105 cm³/mol. The number of hydrogen-bond donors (Lipinski definition) is 0. The number of carbonyl (C=O) groups excluding carboxylic acids is 1. The monoisotopic (exact) mass is 375 g/mol. The Kier molecular flexibility index (Phi) is 4.23. The fourth-order valence-electron chi connectivity index (χ4n) is 4.07. The van der Waals surface area contributed by atoms with E-state index in [4.69, 9.17) is 5.10 Å². The van der Waals surface area contributed by atoms with Crippen molar-refractivity contribution in [2.75, 3.05) is 0 Å². The van der Waals surface area contributed by atoms with E-state index in [1.54, 1.807) is 12.1 Å². The van der Waals surface area contributed by atoms with Crippen LogP contribution >= 0.6 is 0 Å². The number of halogens is 1. The van der Waals surface area contributed by atoms with Gasteiger partial charge in [0.25, 0.3) is 5.91 Å². The van der Waals surface area contributed by atoms with Crippen molar-refractivity contribution < 1.29 is 9.18 Å². The van der Waals surface area contributed by atoms with Crippen molar-refractivity contribution in [3.05, 3.63) is 82.9 Å². The zero-order valence-corrected chi connectivity index (χ0v) is 15.6. The SMILES string of the molecule is O=C(c1nn(-c2ccccc2)c2c1CCC2)N(Cc1ccc(F)cc1)C1CC1. The first-order valence-electron chi connectivity index (χ1n) is 9.92. The maximum absolute atomic E-state index is 13.5. The molecule has 0 atom stereocenters. The molecule has 5 rings (SSSR count). The zero-order chi connectivity index (χ0) is 19.1. The standard InChI is InChI=1S/C23H22FN3O/c24-17-11-9-16(10-12-17)15-26(18-13-14-18)23(28)22-20-7-4-8-21(20)27(25-22)19-5-2-1-3-6-19/h1-3,5-6,9-12,18H,4,7-8,13-15H2. The molecule has 2 aromatic carbocycles. The Morgan fingerprint density at radius 1 is 1.07 bits per heavy atom. The topological polar surface area (TPSA) is 38.1 Å². The summed E-state index contributed by atoms with van der Waals surface area (Å²) in [5.41, 5.74) is 4.79. The molecule has 1 amide bonds. The molecule has 0 radical (unpaired) electrons. The molecule has 5 heteroatoms. The fraction of sp³-hybridized carbons (Fsp3) is 0.304. The van der Waals surface area contributed by atoms with Crippen LogP contribution in [0.25, 0.3) is 5.69 Å². The first-order valence-corrected chi connectivity index (χ1v) is 9.92. The van der Waals surface area contributed by atoms with Gasteiger partial charge in [0.2, 0.25) is 0 Å². The number of aromatic nitrogens is 2. The van der Waals surface area contributed by atoms with E-state index in [1.807, 2.05) is 39.9 Å². The van der Waals surface area contributed by atoms with Crippen LogP contribution < -0.4 is 0 Å². The first-order chi connectivity index (χ1) is 13.7. The lowest BCUT2D eigenvalue weighted by Gasteiger charge is -2.22. The third-order valence-electron chi connectivity index (χ3n) is 5.65. The molecule has 4 nitrogen and oxygen atoms in total. The van der Waals surface area contributed by atoms with Crippen molar-refractivity contribution in [1.29, 1.82) is 0 Å². The van der Waals surface area contributed by atoms with Crippen LogP contribution in [0.15, 0.2) is 54.6 Å². The molecular formula is C23H22FN3O. The highest BCUT2D eigenvalue weighted by atomic mass is 19.1. The van der Waals surface area contributed by atoms with Gasteiger partial charge in [-0.1, -0.05) is 30.3 Å². The minimum Gasteiger partial charge on any atom is -0.330 e. The molecule has 2 aliphatic carbocycles. The molecule has 0 spiro atoms. The summed E-state index contributed by atoms with van der Waals surface area (Å²) in [6.45, 7) is 0.497. The average molecular weight is 375 g/mol. The lowest BCUT2D eigenvalue weighted by molar-refractivity contribution is 0.0722. The maximum Gasteiger partial charge on any atom is 0.275 e. The molecule has 1 aromatic heterocycles. The molecular weight excluding hydrogens is 353 g/mol. The van der Waals surface area contributed by atoms with E-state index in [2.05, 4.69) is 0 Å². The highest BCUT2D eigenvalue weighted by Crippen LogP contribution is 2.33. The third-order valence-corrected chi connectivity index (χ3v) is 5.65. The first kappa shape index (κ1) is 17.2. The number of carbonyl (C=O) groups is 1. The van der Waals surface area contributed by atoms with Gasteiger partial charge in [-0.2, -0.15) is 5.10 Å². The molecule has 28 heavy (non-hydrogen) atoms. The number of rotatable bonds is 5. The van der Waals surface area contributed by atoms with Gasteiger partial charge in [-0.05, 0) is 61.9 Å². The zero-order valence-electron chi connectivity index (χ0n) is 15.6. The van der Waals surface area contributed by atoms with E-state index in [1.165, 1.54) is 12.1 Å². The second-order valence-electron chi connectivity index (χ2n) is 7.67. The summed E-state index contributed by atoms with van der Waals surface area (Å²) in [4.78, 5) is 15.4. The minimum absolute atomic E-state index is 0.000318. The van der Waals surface area contributed by atoms with Crippen LogP contribution in [0.3, 0.4) is 0 Å². The summed E-state index contributed by atoms with van der Waals surface area (Å²) in [5.74, 6) is -0.257. The lowest BCUT2D eigenvalue weighted by atomic mass is 10.1. The molecule has 142 valence electrons. The molecule has 3 aromatic rings. The highest BCUT2D eigenvalue weighted by molar-refractivity contribution is 5.94. The van der Waals surface area contributed by atoms with Gasteiger partial charge >= 0.3 is 0 Å². The van der Waals surface area contributed by atoms with Crippen LogP contribution in [0, 0.1) is 5.82 Å². The summed E-state index contributed by atoms with van der Waals surface area (Å²) in [5, 5.41) is 4.75. The van der Waals surface area contributed by atoms with Crippen molar-refractivity contribution in [2.24, 2.45) is 0 Å². The van der Waals surface area contributed by atoms with E-state index in [9.17, 15) is 9.18 Å². The van der Waals surface area contributed by atoms with E-state index in [-0.39, 0.29) is 17.8 Å². The third kappa shape index (κ3) is 3.11. The quantitative estimate of drug-likeness (QED) is 0.667. The Labute approximate surface area is 163 Å². The molecule has 0 saturated heterocycles. The minimum atomic E-state index is -0.257. The van der Waals surface area contributed by atoms with Crippen LogP contribution in [-0.2, 0) is 19.4 Å². The Morgan fingerprint density at radius 3 is 2.54 bits per heavy atom. The summed E-state index contributed by atoms with van der Waals surface area (Å²) in [6.07, 6.45) is 4.95. The van der Waals surface area contributed by atoms with Crippen molar-refractivity contribution >= 4 is 5.91 Å². The Balaban J connectivity index is 1.49. The maximum atomic E-state index is 13.5. The van der Waals surface area contributed by atoms with Crippen LogP contribution in [-0.4, -0.2) is 26.6 Å². The Hall–Kier alpha value is -2.95. The van der Waals surface area contributed by atoms with Gasteiger partial charge in [0.15, 0.2) is 5.69 Å². The molecule has 1 heterocycles. The summed E-state index contributed by atoms with van der Waals surface area (Å²) in [6, 6.07) is 16.7. The summed E-state index contributed by atoms with van der Waals surface area (Å²) < 4.78 is 15.2. The molecule has 0 unspecified atom stereocenters. The molecule has 0 aliphatic heterocycles. The van der Waals surface area contributed by atoms with Gasteiger partial charge in [0.05, 0.1) is 5.69 Å². The molecule has 1 fully saturated rings. The van der Waals surface area contributed by atoms with Crippen molar-refractivity contribution in [3.63, 3.8) is 0 Å². The Morgan fingerprint density at radius 2 is 1.82 bits per heavy atom. The lowest BCUT2D eigenvalue weighted by Crippen LogP contribution is -2.33. The van der Waals surface area contributed by atoms with E-state index in [0.29, 0.717) is 12.2 Å². The van der Waals surface area contributed by atoms with Crippen LogP contribution in [0.1, 0.15) is 46.6 Å². The number of hydrogen-bond acceptors (Lipinski definition) is 2. The van der Waals surface area contributed by atoms with E-state index in [0.717, 1.165) is 54.6 Å². The van der Waals surface area contributed by atoms with Crippen LogP contribution in [0.5, 0.6) is 0 Å². The summed E-state index contributed by atoms with van der Waals surface area (Å²) in [7, 11) is 0. The predicted octanol–water partition coefficient (Wildman–Crippen LogP) is 4.30. The van der Waals surface area contributed by atoms with Crippen molar-refractivity contribution in [2.45, 2.75) is 44.7 Å². The van der Waals surface area contributed by atoms with Gasteiger partial charge in [0.1, 0.15) is 5.82 Å². The van der Waals surface area contributed by atoms with Crippen LogP contribution in [0.2, 0.25) is 0 Å². The fourth-order valence-corrected chi connectivity index (χ4v) is 4.07. The second kappa shape index (κ2) is 6.89. The molecule has 2 aliphatic rings. The van der Waals surface area contributed by atoms with Gasteiger partial charge in [-0.3, -0.25) is 4.79 Å². The number of fused-ring (bicyclic) bond motifs is 1. The second-order valence-corrected chi connectivity index (χ2v) is 7.67.